The Kier molecular flexibility index (Phi) is 4.11. The molecular formula is C17H27N. The van der Waals surface area contributed by atoms with Gasteiger partial charge in [0.2, 0.25) is 0 Å². The van der Waals surface area contributed by atoms with Crippen LogP contribution in [0.3, 0.4) is 0 Å². The van der Waals surface area contributed by atoms with Crippen LogP contribution in [-0.2, 0) is 5.41 Å². The summed E-state index contributed by atoms with van der Waals surface area (Å²) in [6, 6.07) is 9.93. The average Bonchev–Trinajstić information content (AvgIpc) is 2.28. The fourth-order valence-corrected chi connectivity index (χ4v) is 2.79. The zero-order valence-corrected chi connectivity index (χ0v) is 12.3. The molecule has 1 fully saturated rings. The van der Waals surface area contributed by atoms with Crippen LogP contribution < -0.4 is 5.32 Å². The molecule has 0 amide bonds. The Morgan fingerprint density at radius 2 is 1.67 bits per heavy atom. The van der Waals surface area contributed by atoms with Crippen LogP contribution in [0, 0.1) is 0 Å². The first-order valence-corrected chi connectivity index (χ1v) is 7.37. The molecule has 1 nitrogen and oxygen atoms in total. The second-order valence-electron chi connectivity index (χ2n) is 6.45. The molecular weight excluding hydrogens is 218 g/mol. The SMILES string of the molecule is CC(C)NCC1(c2ccc(C(C)C)cc2)CCC1. The third-order valence-electron chi connectivity index (χ3n) is 4.35. The molecule has 0 spiro atoms. The van der Waals surface area contributed by atoms with Gasteiger partial charge in [-0.05, 0) is 29.9 Å². The van der Waals surface area contributed by atoms with Gasteiger partial charge in [-0.25, -0.2) is 0 Å². The smallest absolute Gasteiger partial charge is 0.00778 e. The van der Waals surface area contributed by atoms with Crippen molar-refractivity contribution in [3.8, 4) is 0 Å². The molecule has 0 heterocycles. The standard InChI is InChI=1S/C17H27N/c1-13(2)15-6-8-16(9-7-15)17(10-5-11-17)12-18-14(3)4/h6-9,13-14,18H,5,10-12H2,1-4H3. The lowest BCUT2D eigenvalue weighted by Gasteiger charge is -2.43. The van der Waals surface area contributed by atoms with E-state index in [-0.39, 0.29) is 0 Å². The van der Waals surface area contributed by atoms with Crippen LogP contribution >= 0.6 is 0 Å². The van der Waals surface area contributed by atoms with E-state index >= 15 is 0 Å². The number of nitrogens with one attached hydrogen (secondary N) is 1. The van der Waals surface area contributed by atoms with Crippen molar-refractivity contribution in [3.63, 3.8) is 0 Å². The van der Waals surface area contributed by atoms with Gasteiger partial charge >= 0.3 is 0 Å². The predicted octanol–water partition coefficient (Wildman–Crippen LogP) is 4.23. The normalized spacial score (nSPS) is 18.1. The fraction of sp³-hybridized carbons (Fsp3) is 0.647. The molecule has 1 saturated carbocycles. The maximum atomic E-state index is 3.62. The molecule has 1 aliphatic rings. The van der Waals surface area contributed by atoms with Crippen molar-refractivity contribution in [1.82, 2.24) is 5.32 Å². The predicted molar refractivity (Wildman–Crippen MR) is 79.2 cm³/mol. The van der Waals surface area contributed by atoms with Crippen molar-refractivity contribution in [1.29, 1.82) is 0 Å². The first-order chi connectivity index (χ1) is 8.53. The van der Waals surface area contributed by atoms with Gasteiger partial charge in [0.25, 0.3) is 0 Å². The lowest BCUT2D eigenvalue weighted by atomic mass is 9.64. The van der Waals surface area contributed by atoms with Gasteiger partial charge < -0.3 is 5.32 Å². The molecule has 1 heteroatoms. The lowest BCUT2D eigenvalue weighted by molar-refractivity contribution is 0.228. The maximum Gasteiger partial charge on any atom is 0.00778 e. The Balaban J connectivity index is 2.12. The summed E-state index contributed by atoms with van der Waals surface area (Å²) in [6.45, 7) is 10.1. The number of benzene rings is 1. The van der Waals surface area contributed by atoms with Crippen LogP contribution in [0.5, 0.6) is 0 Å². The van der Waals surface area contributed by atoms with Crippen molar-refractivity contribution >= 4 is 0 Å². The van der Waals surface area contributed by atoms with E-state index in [2.05, 4.69) is 57.3 Å². The minimum Gasteiger partial charge on any atom is -0.314 e. The Labute approximate surface area is 112 Å². The second kappa shape index (κ2) is 5.44. The molecule has 18 heavy (non-hydrogen) atoms. The summed E-state index contributed by atoms with van der Waals surface area (Å²) >= 11 is 0. The highest BCUT2D eigenvalue weighted by atomic mass is 14.9. The summed E-state index contributed by atoms with van der Waals surface area (Å²) in [4.78, 5) is 0. The third-order valence-corrected chi connectivity index (χ3v) is 4.35. The monoisotopic (exact) mass is 245 g/mol. The summed E-state index contributed by atoms with van der Waals surface area (Å²) in [5.74, 6) is 0.630. The van der Waals surface area contributed by atoms with E-state index < -0.39 is 0 Å². The van der Waals surface area contributed by atoms with Crippen molar-refractivity contribution in [2.45, 2.75) is 64.3 Å². The van der Waals surface area contributed by atoms with Gasteiger partial charge in [-0.3, -0.25) is 0 Å². The van der Waals surface area contributed by atoms with Crippen LogP contribution in [0.2, 0.25) is 0 Å². The number of rotatable bonds is 5. The topological polar surface area (TPSA) is 12.0 Å². The zero-order valence-electron chi connectivity index (χ0n) is 12.3. The van der Waals surface area contributed by atoms with Gasteiger partial charge in [0.1, 0.15) is 0 Å². The van der Waals surface area contributed by atoms with Gasteiger partial charge in [0.15, 0.2) is 0 Å². The molecule has 0 aliphatic heterocycles. The van der Waals surface area contributed by atoms with E-state index in [9.17, 15) is 0 Å². The molecule has 1 N–H and O–H groups in total. The Morgan fingerprint density at radius 1 is 1.06 bits per heavy atom. The van der Waals surface area contributed by atoms with Crippen LogP contribution in [-0.4, -0.2) is 12.6 Å². The quantitative estimate of drug-likeness (QED) is 0.818. The fourth-order valence-electron chi connectivity index (χ4n) is 2.79. The number of hydrogen-bond donors (Lipinski definition) is 1. The van der Waals surface area contributed by atoms with E-state index in [1.165, 1.54) is 30.4 Å². The van der Waals surface area contributed by atoms with Gasteiger partial charge in [-0.15, -0.1) is 0 Å². The van der Waals surface area contributed by atoms with Gasteiger partial charge in [0.05, 0.1) is 0 Å². The van der Waals surface area contributed by atoms with Gasteiger partial charge in [0, 0.05) is 18.0 Å². The minimum atomic E-state index is 0.416. The highest BCUT2D eigenvalue weighted by molar-refractivity contribution is 5.32. The van der Waals surface area contributed by atoms with Crippen molar-refractivity contribution in [3.05, 3.63) is 35.4 Å². The van der Waals surface area contributed by atoms with E-state index in [0.29, 0.717) is 17.4 Å². The van der Waals surface area contributed by atoms with Crippen molar-refractivity contribution < 1.29 is 0 Å². The lowest BCUT2D eigenvalue weighted by Crippen LogP contribution is -2.45. The molecule has 0 aromatic heterocycles. The molecule has 0 bridgehead atoms. The minimum absolute atomic E-state index is 0.416. The molecule has 2 rings (SSSR count). The van der Waals surface area contributed by atoms with Crippen LogP contribution in [0.4, 0.5) is 0 Å². The first-order valence-electron chi connectivity index (χ1n) is 7.37. The summed E-state index contributed by atoms with van der Waals surface area (Å²) in [6.07, 6.45) is 4.06. The summed E-state index contributed by atoms with van der Waals surface area (Å²) < 4.78 is 0. The van der Waals surface area contributed by atoms with Crippen molar-refractivity contribution in [2.75, 3.05) is 6.54 Å². The summed E-state index contributed by atoms with van der Waals surface area (Å²) in [7, 11) is 0. The van der Waals surface area contributed by atoms with Crippen molar-refractivity contribution in [2.24, 2.45) is 0 Å². The van der Waals surface area contributed by atoms with E-state index in [0.717, 1.165) is 6.54 Å². The highest BCUT2D eigenvalue weighted by Crippen LogP contribution is 2.43. The molecule has 100 valence electrons. The Hall–Kier alpha value is -0.820. The van der Waals surface area contributed by atoms with Gasteiger partial charge in [-0.2, -0.15) is 0 Å². The largest absolute Gasteiger partial charge is 0.314 e. The van der Waals surface area contributed by atoms with E-state index in [1.807, 2.05) is 0 Å². The molecule has 1 aromatic carbocycles. The molecule has 1 aliphatic carbocycles. The Bertz CT molecular complexity index is 371. The van der Waals surface area contributed by atoms with E-state index in [1.54, 1.807) is 0 Å². The maximum absolute atomic E-state index is 3.62. The van der Waals surface area contributed by atoms with E-state index in [4.69, 9.17) is 0 Å². The molecule has 1 aromatic rings. The van der Waals surface area contributed by atoms with Crippen LogP contribution in [0.15, 0.2) is 24.3 Å². The summed E-state index contributed by atoms with van der Waals surface area (Å²) in [5.41, 5.74) is 3.40. The average molecular weight is 245 g/mol. The molecule has 0 radical (unpaired) electrons. The highest BCUT2D eigenvalue weighted by Gasteiger charge is 2.38. The zero-order chi connectivity index (χ0) is 13.2. The van der Waals surface area contributed by atoms with Crippen LogP contribution in [0.1, 0.15) is 64.0 Å². The van der Waals surface area contributed by atoms with Crippen LogP contribution in [0.25, 0.3) is 0 Å². The third kappa shape index (κ3) is 2.77. The molecule has 0 unspecified atom stereocenters. The Morgan fingerprint density at radius 3 is 2.06 bits per heavy atom. The second-order valence-corrected chi connectivity index (χ2v) is 6.45. The first kappa shape index (κ1) is 13.6. The number of hydrogen-bond acceptors (Lipinski definition) is 1. The summed E-state index contributed by atoms with van der Waals surface area (Å²) in [5, 5.41) is 3.62. The van der Waals surface area contributed by atoms with Gasteiger partial charge in [-0.1, -0.05) is 58.4 Å². The molecule has 0 saturated heterocycles. The molecule has 0 atom stereocenters.